The molecule has 0 bridgehead atoms. The second-order valence-corrected chi connectivity index (χ2v) is 7.68. The largest absolute Gasteiger partial charge is 0.488 e. The first-order chi connectivity index (χ1) is 13.8. The van der Waals surface area contributed by atoms with Crippen LogP contribution in [0.4, 0.5) is 0 Å². The zero-order valence-electron chi connectivity index (χ0n) is 16.0. The number of aromatic nitrogens is 1. The summed E-state index contributed by atoms with van der Waals surface area (Å²) in [6.07, 6.45) is 3.12. The van der Waals surface area contributed by atoms with Crippen LogP contribution < -0.4 is 10.1 Å². The highest BCUT2D eigenvalue weighted by Crippen LogP contribution is 2.27. The first-order valence-corrected chi connectivity index (χ1v) is 10.3. The summed E-state index contributed by atoms with van der Waals surface area (Å²) < 4.78 is 6.91. The lowest BCUT2D eigenvalue weighted by Crippen LogP contribution is -2.16. The van der Waals surface area contributed by atoms with E-state index in [2.05, 4.69) is 81.0 Å². The number of rotatable bonds is 8. The van der Waals surface area contributed by atoms with Crippen LogP contribution in [0.1, 0.15) is 16.7 Å². The Morgan fingerprint density at radius 2 is 1.69 bits per heavy atom. The van der Waals surface area contributed by atoms with Crippen LogP contribution in [0.25, 0.3) is 10.9 Å². The molecule has 0 aliphatic carbocycles. The molecule has 4 rings (SSSR count). The summed E-state index contributed by atoms with van der Waals surface area (Å²) in [5, 5.41) is 4.85. The molecule has 1 heterocycles. The Bertz CT molecular complexity index is 1050. The predicted octanol–water partition coefficient (Wildman–Crippen LogP) is 6.26. The Morgan fingerprint density at radius 3 is 2.52 bits per heavy atom. The van der Waals surface area contributed by atoms with Crippen LogP contribution in [0.3, 0.4) is 0 Å². The molecule has 5 heteroatoms. The van der Waals surface area contributed by atoms with E-state index in [0.29, 0.717) is 6.61 Å². The Hall–Kier alpha value is -2.27. The quantitative estimate of drug-likeness (QED) is 0.297. The van der Waals surface area contributed by atoms with Crippen molar-refractivity contribution in [2.75, 3.05) is 6.54 Å². The predicted molar refractivity (Wildman–Crippen MR) is 126 cm³/mol. The number of fused-ring (bicyclic) bond motifs is 1. The average Bonchev–Trinajstić information content (AvgIpc) is 3.14. The van der Waals surface area contributed by atoms with E-state index >= 15 is 0 Å². The summed E-state index contributed by atoms with van der Waals surface area (Å²) in [6, 6.07) is 24.9. The van der Waals surface area contributed by atoms with Gasteiger partial charge >= 0.3 is 0 Å². The molecule has 0 saturated heterocycles. The maximum absolute atomic E-state index is 5.92. The summed E-state index contributed by atoms with van der Waals surface area (Å²) in [4.78, 5) is 3.34. The van der Waals surface area contributed by atoms with Crippen LogP contribution in [-0.2, 0) is 19.6 Å². The Balaban J connectivity index is 0.00000240. The lowest BCUT2D eigenvalue weighted by molar-refractivity contribution is 0.304. The van der Waals surface area contributed by atoms with Crippen LogP contribution in [-0.4, -0.2) is 11.5 Å². The molecular weight excluding hydrogens is 448 g/mol. The van der Waals surface area contributed by atoms with Gasteiger partial charge in [-0.3, -0.25) is 0 Å². The molecule has 3 aromatic carbocycles. The van der Waals surface area contributed by atoms with Gasteiger partial charge in [0.1, 0.15) is 12.4 Å². The molecule has 0 amide bonds. The molecule has 0 radical (unpaired) electrons. The van der Waals surface area contributed by atoms with Crippen molar-refractivity contribution in [2.24, 2.45) is 0 Å². The van der Waals surface area contributed by atoms with E-state index in [4.69, 9.17) is 4.74 Å². The maximum Gasteiger partial charge on any atom is 0.134 e. The van der Waals surface area contributed by atoms with Crippen LogP contribution in [0, 0.1) is 0 Å². The number of para-hydroxylation sites is 1. The van der Waals surface area contributed by atoms with Gasteiger partial charge in [-0.2, -0.15) is 0 Å². The summed E-state index contributed by atoms with van der Waals surface area (Å²) in [6.45, 7) is 2.34. The number of ether oxygens (including phenoxy) is 1. The summed E-state index contributed by atoms with van der Waals surface area (Å²) in [5.74, 6) is 0.867. The monoisotopic (exact) mass is 470 g/mol. The summed E-state index contributed by atoms with van der Waals surface area (Å²) in [5.41, 5.74) is 4.96. The normalized spacial score (nSPS) is 10.7. The number of hydrogen-bond acceptors (Lipinski definition) is 2. The third kappa shape index (κ3) is 5.63. The molecule has 3 nitrogen and oxygen atoms in total. The highest BCUT2D eigenvalue weighted by atomic mass is 79.9. The zero-order chi connectivity index (χ0) is 19.2. The summed E-state index contributed by atoms with van der Waals surface area (Å²) in [7, 11) is 0. The highest BCUT2D eigenvalue weighted by Gasteiger charge is 2.05. The number of benzene rings is 3. The molecule has 1 aromatic heterocycles. The molecular formula is C24H24BrClN2O. The van der Waals surface area contributed by atoms with Gasteiger partial charge in [-0.1, -0.05) is 54.6 Å². The lowest BCUT2D eigenvalue weighted by atomic mass is 10.1. The Kier molecular flexibility index (Phi) is 7.76. The van der Waals surface area contributed by atoms with Crippen molar-refractivity contribution >= 4 is 39.2 Å². The molecule has 29 heavy (non-hydrogen) atoms. The van der Waals surface area contributed by atoms with E-state index in [1.54, 1.807) is 0 Å². The van der Waals surface area contributed by atoms with Gasteiger partial charge in [0.05, 0.1) is 4.47 Å². The fourth-order valence-corrected chi connectivity index (χ4v) is 3.84. The lowest BCUT2D eigenvalue weighted by Gasteiger charge is -2.10. The zero-order valence-corrected chi connectivity index (χ0v) is 18.4. The standard InChI is InChI=1S/C24H23BrN2O.ClH/c25-22-14-19(10-11-24(22)28-17-18-6-2-1-3-7-18)15-26-13-12-20-16-27-23-9-5-4-8-21(20)23;/h1-11,14,16,26-27H,12-13,15,17H2;1H. The van der Waals surface area contributed by atoms with Crippen molar-refractivity contribution in [2.45, 2.75) is 19.6 Å². The fraction of sp³-hybridized carbons (Fsp3) is 0.167. The van der Waals surface area contributed by atoms with Gasteiger partial charge in [0.15, 0.2) is 0 Å². The fourth-order valence-electron chi connectivity index (χ4n) is 3.30. The number of H-pyrrole nitrogens is 1. The highest BCUT2D eigenvalue weighted by molar-refractivity contribution is 9.10. The molecule has 0 spiro atoms. The van der Waals surface area contributed by atoms with Gasteiger partial charge < -0.3 is 15.0 Å². The topological polar surface area (TPSA) is 37.0 Å². The van der Waals surface area contributed by atoms with E-state index in [1.807, 2.05) is 24.3 Å². The first kappa shape index (κ1) is 21.4. The molecule has 0 saturated carbocycles. The van der Waals surface area contributed by atoms with Crippen molar-refractivity contribution in [1.29, 1.82) is 0 Å². The van der Waals surface area contributed by atoms with Gasteiger partial charge in [0.2, 0.25) is 0 Å². The Labute approximate surface area is 186 Å². The molecule has 0 atom stereocenters. The van der Waals surface area contributed by atoms with E-state index in [9.17, 15) is 0 Å². The van der Waals surface area contributed by atoms with Gasteiger partial charge in [-0.05, 0) is 63.8 Å². The van der Waals surface area contributed by atoms with E-state index in [-0.39, 0.29) is 12.4 Å². The second kappa shape index (κ2) is 10.5. The van der Waals surface area contributed by atoms with E-state index in [0.717, 1.165) is 35.3 Å². The summed E-state index contributed by atoms with van der Waals surface area (Å²) >= 11 is 3.63. The third-order valence-corrected chi connectivity index (χ3v) is 5.43. The van der Waals surface area contributed by atoms with Gasteiger partial charge in [-0.15, -0.1) is 12.4 Å². The van der Waals surface area contributed by atoms with Crippen LogP contribution in [0.2, 0.25) is 0 Å². The SMILES string of the molecule is Brc1cc(CNCCc2c[nH]c3ccccc23)ccc1OCc1ccccc1.Cl. The molecule has 0 fully saturated rings. The number of hydrogen-bond donors (Lipinski definition) is 2. The van der Waals surface area contributed by atoms with Crippen molar-refractivity contribution < 1.29 is 4.74 Å². The molecule has 0 unspecified atom stereocenters. The Morgan fingerprint density at radius 1 is 0.897 bits per heavy atom. The van der Waals surface area contributed by atoms with E-state index in [1.165, 1.54) is 22.0 Å². The van der Waals surface area contributed by atoms with Crippen LogP contribution >= 0.6 is 28.3 Å². The number of aromatic amines is 1. The minimum atomic E-state index is 0. The number of nitrogens with one attached hydrogen (secondary N) is 2. The number of halogens is 2. The van der Waals surface area contributed by atoms with Crippen LogP contribution in [0.15, 0.2) is 83.5 Å². The van der Waals surface area contributed by atoms with Crippen molar-refractivity contribution in [1.82, 2.24) is 10.3 Å². The van der Waals surface area contributed by atoms with E-state index < -0.39 is 0 Å². The van der Waals surface area contributed by atoms with Crippen molar-refractivity contribution in [3.63, 3.8) is 0 Å². The molecule has 150 valence electrons. The molecule has 0 aliphatic rings. The maximum atomic E-state index is 5.92. The third-order valence-electron chi connectivity index (χ3n) is 4.81. The second-order valence-electron chi connectivity index (χ2n) is 6.83. The average molecular weight is 472 g/mol. The van der Waals surface area contributed by atoms with Gasteiger partial charge in [0.25, 0.3) is 0 Å². The first-order valence-electron chi connectivity index (χ1n) is 9.50. The van der Waals surface area contributed by atoms with Crippen molar-refractivity contribution in [3.8, 4) is 5.75 Å². The van der Waals surface area contributed by atoms with Gasteiger partial charge in [-0.25, -0.2) is 0 Å². The van der Waals surface area contributed by atoms with Crippen LogP contribution in [0.5, 0.6) is 5.75 Å². The van der Waals surface area contributed by atoms with Gasteiger partial charge in [0, 0.05) is 23.6 Å². The molecule has 0 aliphatic heterocycles. The smallest absolute Gasteiger partial charge is 0.134 e. The minimum absolute atomic E-state index is 0. The van der Waals surface area contributed by atoms with Crippen molar-refractivity contribution in [3.05, 3.63) is 100 Å². The molecule has 4 aromatic rings. The minimum Gasteiger partial charge on any atom is -0.488 e. The molecule has 2 N–H and O–H groups in total.